The van der Waals surface area contributed by atoms with Crippen molar-refractivity contribution in [3.63, 3.8) is 0 Å². The molecule has 3 aromatic rings. The molecule has 0 aliphatic carbocycles. The van der Waals surface area contributed by atoms with Crippen LogP contribution in [-0.2, 0) is 10.0 Å². The first-order valence-electron chi connectivity index (χ1n) is 8.29. The first-order valence-corrected chi connectivity index (χ1v) is 10.9. The quantitative estimate of drug-likeness (QED) is 0.519. The number of halogens is 3. The van der Waals surface area contributed by atoms with Crippen LogP contribution in [0.15, 0.2) is 71.6 Å². The Morgan fingerprint density at radius 3 is 2.00 bits per heavy atom. The lowest BCUT2D eigenvalue weighted by Crippen LogP contribution is -2.27. The van der Waals surface area contributed by atoms with E-state index in [-0.39, 0.29) is 15.5 Å². The van der Waals surface area contributed by atoms with Crippen LogP contribution >= 0.6 is 34.8 Å². The second kappa shape index (κ2) is 8.63. The van der Waals surface area contributed by atoms with Gasteiger partial charge in [0.25, 0.3) is 15.9 Å². The van der Waals surface area contributed by atoms with Crippen molar-refractivity contribution in [2.24, 2.45) is 0 Å². The highest BCUT2D eigenvalue weighted by Crippen LogP contribution is 2.29. The number of nitrogens with one attached hydrogen (secondary N) is 1. The summed E-state index contributed by atoms with van der Waals surface area (Å²) < 4.78 is 27.2. The molecule has 0 unspecified atom stereocenters. The SMILES string of the molecule is CN(c1ccc(Cl)cc1)S(=O)(=O)c1cc(C(=O)Nc2ccc(Cl)cc2)ccc1Cl. The Morgan fingerprint density at radius 1 is 0.862 bits per heavy atom. The standard InChI is InChI=1S/C20H15Cl3N2O3S/c1-25(17-9-5-15(22)6-10-17)29(27,28)19-12-13(2-11-18(19)23)20(26)24-16-7-3-14(21)4-8-16/h2-12H,1H3,(H,24,26). The van der Waals surface area contributed by atoms with E-state index in [1.807, 2.05) is 0 Å². The minimum absolute atomic E-state index is 0.00820. The monoisotopic (exact) mass is 468 g/mol. The van der Waals surface area contributed by atoms with Crippen LogP contribution in [0.1, 0.15) is 10.4 Å². The summed E-state index contributed by atoms with van der Waals surface area (Å²) in [5.74, 6) is -0.477. The Kier molecular flexibility index (Phi) is 6.39. The number of carbonyl (C=O) groups is 1. The topological polar surface area (TPSA) is 66.5 Å². The Balaban J connectivity index is 1.92. The van der Waals surface area contributed by atoms with Crippen molar-refractivity contribution < 1.29 is 13.2 Å². The lowest BCUT2D eigenvalue weighted by Gasteiger charge is -2.20. The predicted molar refractivity (Wildman–Crippen MR) is 118 cm³/mol. The third-order valence-corrected chi connectivity index (χ3v) is 6.90. The predicted octanol–water partition coefficient (Wildman–Crippen LogP) is 5.72. The molecule has 0 aromatic heterocycles. The zero-order valence-electron chi connectivity index (χ0n) is 15.1. The molecule has 0 saturated carbocycles. The molecule has 3 rings (SSSR count). The molecule has 0 radical (unpaired) electrons. The van der Waals surface area contributed by atoms with Crippen LogP contribution in [0.3, 0.4) is 0 Å². The highest BCUT2D eigenvalue weighted by atomic mass is 35.5. The number of benzene rings is 3. The average Bonchev–Trinajstić information content (AvgIpc) is 2.70. The Morgan fingerprint density at radius 2 is 1.41 bits per heavy atom. The van der Waals surface area contributed by atoms with Gasteiger partial charge in [-0.3, -0.25) is 9.10 Å². The number of sulfonamides is 1. The average molecular weight is 470 g/mol. The smallest absolute Gasteiger partial charge is 0.265 e. The molecule has 0 fully saturated rings. The molecule has 1 amide bonds. The lowest BCUT2D eigenvalue weighted by atomic mass is 10.2. The second-order valence-corrected chi connectivity index (χ2v) is 9.27. The maximum atomic E-state index is 13.1. The van der Waals surface area contributed by atoms with Crippen molar-refractivity contribution in [3.8, 4) is 0 Å². The van der Waals surface area contributed by atoms with Gasteiger partial charge in [0.2, 0.25) is 0 Å². The van der Waals surface area contributed by atoms with Gasteiger partial charge in [-0.2, -0.15) is 0 Å². The molecule has 0 atom stereocenters. The molecule has 0 aliphatic rings. The second-order valence-electron chi connectivity index (χ2n) is 6.06. The van der Waals surface area contributed by atoms with Crippen LogP contribution in [0.4, 0.5) is 11.4 Å². The Hall–Kier alpha value is -2.25. The largest absolute Gasteiger partial charge is 0.322 e. The molecule has 0 aliphatic heterocycles. The summed E-state index contributed by atoms with van der Waals surface area (Å²) >= 11 is 17.8. The van der Waals surface area contributed by atoms with E-state index in [9.17, 15) is 13.2 Å². The van der Waals surface area contributed by atoms with Gasteiger partial charge < -0.3 is 5.32 Å². The number of rotatable bonds is 5. The molecule has 5 nitrogen and oxygen atoms in total. The fourth-order valence-electron chi connectivity index (χ4n) is 2.52. The lowest BCUT2D eigenvalue weighted by molar-refractivity contribution is 0.102. The molecule has 1 N–H and O–H groups in total. The van der Waals surface area contributed by atoms with E-state index in [0.717, 1.165) is 4.31 Å². The summed E-state index contributed by atoms with van der Waals surface area (Å²) in [6.45, 7) is 0. The summed E-state index contributed by atoms with van der Waals surface area (Å²) in [7, 11) is -2.61. The van der Waals surface area contributed by atoms with Gasteiger partial charge in [0.1, 0.15) is 4.90 Å². The number of anilines is 2. The van der Waals surface area contributed by atoms with Crippen LogP contribution in [-0.4, -0.2) is 21.4 Å². The third kappa shape index (κ3) is 4.85. The fourth-order valence-corrected chi connectivity index (χ4v) is 4.46. The summed E-state index contributed by atoms with van der Waals surface area (Å²) in [5.41, 5.74) is 1.07. The zero-order chi connectivity index (χ0) is 21.2. The van der Waals surface area contributed by atoms with Gasteiger partial charge in [-0.05, 0) is 66.7 Å². The van der Waals surface area contributed by atoms with E-state index in [4.69, 9.17) is 34.8 Å². The van der Waals surface area contributed by atoms with Gasteiger partial charge >= 0.3 is 0 Å². The highest BCUT2D eigenvalue weighted by molar-refractivity contribution is 7.93. The van der Waals surface area contributed by atoms with E-state index in [1.165, 1.54) is 25.2 Å². The molecule has 9 heteroatoms. The first-order chi connectivity index (χ1) is 13.7. The van der Waals surface area contributed by atoms with Crippen LogP contribution < -0.4 is 9.62 Å². The van der Waals surface area contributed by atoms with Crippen molar-refractivity contribution >= 4 is 62.1 Å². The molecule has 0 bridgehead atoms. The van der Waals surface area contributed by atoms with Gasteiger partial charge in [-0.1, -0.05) is 34.8 Å². The zero-order valence-corrected chi connectivity index (χ0v) is 18.1. The van der Waals surface area contributed by atoms with Gasteiger partial charge in [-0.15, -0.1) is 0 Å². The van der Waals surface area contributed by atoms with E-state index >= 15 is 0 Å². The highest BCUT2D eigenvalue weighted by Gasteiger charge is 2.25. The number of hydrogen-bond donors (Lipinski definition) is 1. The minimum atomic E-state index is -4.01. The molecule has 150 valence electrons. The normalized spacial score (nSPS) is 11.2. The fraction of sp³-hybridized carbons (Fsp3) is 0.0500. The van der Waals surface area contributed by atoms with Crippen LogP contribution in [0.5, 0.6) is 0 Å². The number of hydrogen-bond acceptors (Lipinski definition) is 3. The number of amides is 1. The summed E-state index contributed by atoms with van der Waals surface area (Å²) in [6, 6.07) is 16.9. The molecular weight excluding hydrogens is 455 g/mol. The summed E-state index contributed by atoms with van der Waals surface area (Å²) in [5, 5.41) is 3.72. The van der Waals surface area contributed by atoms with E-state index in [1.54, 1.807) is 48.5 Å². The number of carbonyl (C=O) groups excluding carboxylic acids is 1. The molecule has 0 heterocycles. The molecule has 0 saturated heterocycles. The van der Waals surface area contributed by atoms with E-state index in [2.05, 4.69) is 5.32 Å². The maximum absolute atomic E-state index is 13.1. The van der Waals surface area contributed by atoms with Gasteiger partial charge in [-0.25, -0.2) is 8.42 Å². The van der Waals surface area contributed by atoms with E-state index in [0.29, 0.717) is 21.4 Å². The number of nitrogens with zero attached hydrogens (tertiary/aromatic N) is 1. The van der Waals surface area contributed by atoms with Gasteiger partial charge in [0.05, 0.1) is 10.7 Å². The summed E-state index contributed by atoms with van der Waals surface area (Å²) in [4.78, 5) is 12.4. The van der Waals surface area contributed by atoms with Crippen molar-refractivity contribution in [2.45, 2.75) is 4.90 Å². The van der Waals surface area contributed by atoms with Crippen molar-refractivity contribution in [1.29, 1.82) is 0 Å². The summed E-state index contributed by atoms with van der Waals surface area (Å²) in [6.07, 6.45) is 0. The molecule has 3 aromatic carbocycles. The van der Waals surface area contributed by atoms with E-state index < -0.39 is 15.9 Å². The van der Waals surface area contributed by atoms with Crippen LogP contribution in [0, 0.1) is 0 Å². The van der Waals surface area contributed by atoms with Crippen molar-refractivity contribution in [2.75, 3.05) is 16.7 Å². The third-order valence-electron chi connectivity index (χ3n) is 4.12. The van der Waals surface area contributed by atoms with Crippen molar-refractivity contribution in [3.05, 3.63) is 87.4 Å². The molecular formula is C20H15Cl3N2O3S. The van der Waals surface area contributed by atoms with Crippen molar-refractivity contribution in [1.82, 2.24) is 0 Å². The van der Waals surface area contributed by atoms with Crippen LogP contribution in [0.2, 0.25) is 15.1 Å². The van der Waals surface area contributed by atoms with Gasteiger partial charge in [0, 0.05) is 28.3 Å². The Labute approximate surface area is 183 Å². The first kappa shape index (κ1) is 21.5. The van der Waals surface area contributed by atoms with Gasteiger partial charge in [0.15, 0.2) is 0 Å². The molecule has 29 heavy (non-hydrogen) atoms. The Bertz CT molecular complexity index is 1150. The van der Waals surface area contributed by atoms with Crippen LogP contribution in [0.25, 0.3) is 0 Å². The molecule has 0 spiro atoms. The maximum Gasteiger partial charge on any atom is 0.265 e. The minimum Gasteiger partial charge on any atom is -0.322 e.